The monoisotopic (exact) mass is 503 g/mol. The van der Waals surface area contributed by atoms with Gasteiger partial charge in [-0.2, -0.15) is 13.2 Å². The molecule has 2 aliphatic carbocycles. The lowest BCUT2D eigenvalue weighted by Gasteiger charge is -2.19. The largest absolute Gasteiger partial charge is 0.394 e. The Morgan fingerprint density at radius 1 is 1.36 bits per heavy atom. The highest BCUT2D eigenvalue weighted by Crippen LogP contribution is 2.48. The number of aryl methyl sites for hydroxylation is 1. The van der Waals surface area contributed by atoms with E-state index in [1.807, 2.05) is 0 Å². The first-order valence-electron chi connectivity index (χ1n) is 10.4. The van der Waals surface area contributed by atoms with Gasteiger partial charge in [0.25, 0.3) is 0 Å². The van der Waals surface area contributed by atoms with Crippen LogP contribution >= 0.6 is 11.3 Å². The quantitative estimate of drug-likeness (QED) is 0.564. The Bertz CT molecular complexity index is 1220. The highest BCUT2D eigenvalue weighted by atomic mass is 32.2. The first-order valence-corrected chi connectivity index (χ1v) is 12.8. The van der Waals surface area contributed by atoms with Crippen LogP contribution in [-0.2, 0) is 34.8 Å². The summed E-state index contributed by atoms with van der Waals surface area (Å²) >= 11 is 0.872. The van der Waals surface area contributed by atoms with Crippen molar-refractivity contribution in [1.29, 1.82) is 0 Å². The molecule has 0 aliphatic heterocycles. The summed E-state index contributed by atoms with van der Waals surface area (Å²) in [6.45, 7) is 3.00. The Morgan fingerprint density at radius 2 is 2.06 bits per heavy atom. The third-order valence-electron chi connectivity index (χ3n) is 5.44. The maximum atomic E-state index is 13.2. The average molecular weight is 504 g/mol. The number of nitrogens with zero attached hydrogens (tertiary/aromatic N) is 3. The molecule has 2 aromatic rings. The Kier molecular flexibility index (Phi) is 6.04. The number of thiazole rings is 1. The van der Waals surface area contributed by atoms with E-state index in [-0.39, 0.29) is 20.8 Å². The lowest BCUT2D eigenvalue weighted by atomic mass is 9.99. The van der Waals surface area contributed by atoms with Crippen LogP contribution in [0, 0.1) is 0 Å². The van der Waals surface area contributed by atoms with Gasteiger partial charge in [-0.25, -0.2) is 19.1 Å². The molecule has 1 saturated carbocycles. The molecule has 0 bridgehead atoms. The van der Waals surface area contributed by atoms with Gasteiger partial charge in [0.05, 0.1) is 24.0 Å². The Labute approximate surface area is 193 Å². The fraction of sp³-hybridized carbons (Fsp3) is 0.550. The molecule has 0 aromatic carbocycles. The molecule has 13 heteroatoms. The van der Waals surface area contributed by atoms with Crippen molar-refractivity contribution in [3.63, 3.8) is 0 Å². The van der Waals surface area contributed by atoms with Crippen molar-refractivity contribution in [3.8, 4) is 0 Å². The van der Waals surface area contributed by atoms with Crippen molar-refractivity contribution < 1.29 is 27.3 Å². The van der Waals surface area contributed by atoms with E-state index >= 15 is 0 Å². The second kappa shape index (κ2) is 8.29. The number of carbonyl (C=O) groups excluding carboxylic acids is 1. The molecule has 1 atom stereocenters. The number of aliphatic hydroxyl groups is 1. The van der Waals surface area contributed by atoms with Crippen LogP contribution in [0.3, 0.4) is 0 Å². The van der Waals surface area contributed by atoms with Crippen LogP contribution in [0.15, 0.2) is 14.8 Å². The number of amides is 2. The predicted octanol–water partition coefficient (Wildman–Crippen LogP) is 4.17. The molecule has 2 heterocycles. The normalized spacial score (nSPS) is 18.0. The average Bonchev–Trinajstić information content (AvgIpc) is 3.14. The zero-order chi connectivity index (χ0) is 24.2. The fourth-order valence-corrected chi connectivity index (χ4v) is 5.97. The molecule has 0 saturated heterocycles. The van der Waals surface area contributed by atoms with E-state index in [4.69, 9.17) is 5.14 Å². The number of nitrogens with two attached hydrogens (primary N) is 1. The molecule has 4 N–H and O–H groups in total. The second-order valence-electron chi connectivity index (χ2n) is 8.83. The SMILES string of the molecule is CC(C)(O)c1ncc(S(N)(=O)=NC(=O)Nc2c3c(nc(CC(F)(F)F)c2C2CC2)CCC3)s1. The lowest BCUT2D eigenvalue weighted by Crippen LogP contribution is -2.20. The number of pyridine rings is 1. The van der Waals surface area contributed by atoms with Gasteiger partial charge < -0.3 is 10.4 Å². The standard InChI is InChI=1S/C20H24F3N5O3S2/c1-19(2,30)17-25-9-14(32-17)33(24,31)28-18(29)27-16-11-4-3-5-12(11)26-13(8-20(21,22)23)15(16)10-6-7-10/h9-10,30H,3-8H2,1-2H3,(H3,24,26,27,28,29,31). The van der Waals surface area contributed by atoms with Crippen LogP contribution in [0.5, 0.6) is 0 Å². The third-order valence-corrected chi connectivity index (χ3v) is 8.63. The number of fused-ring (bicyclic) bond motifs is 1. The van der Waals surface area contributed by atoms with Crippen LogP contribution in [0.1, 0.15) is 66.6 Å². The van der Waals surface area contributed by atoms with Crippen molar-refractivity contribution in [2.45, 2.75) is 74.3 Å². The number of alkyl halides is 3. The van der Waals surface area contributed by atoms with Gasteiger partial charge in [-0.15, -0.1) is 15.7 Å². The number of rotatable bonds is 5. The van der Waals surface area contributed by atoms with E-state index < -0.39 is 34.1 Å². The summed E-state index contributed by atoms with van der Waals surface area (Å²) in [5.41, 5.74) is 0.571. The molecule has 2 aromatic heterocycles. The van der Waals surface area contributed by atoms with Gasteiger partial charge in [-0.05, 0) is 57.4 Å². The van der Waals surface area contributed by atoms with Gasteiger partial charge >= 0.3 is 12.2 Å². The number of hydrogen-bond donors (Lipinski definition) is 3. The minimum Gasteiger partial charge on any atom is -0.383 e. The molecular formula is C20H24F3N5O3S2. The van der Waals surface area contributed by atoms with E-state index in [2.05, 4.69) is 19.6 Å². The number of aromatic nitrogens is 2. The van der Waals surface area contributed by atoms with Crippen molar-refractivity contribution in [1.82, 2.24) is 9.97 Å². The predicted molar refractivity (Wildman–Crippen MR) is 117 cm³/mol. The van der Waals surface area contributed by atoms with E-state index in [9.17, 15) is 27.3 Å². The van der Waals surface area contributed by atoms with E-state index in [0.717, 1.165) is 17.8 Å². The molecule has 4 rings (SSSR count). The molecule has 1 unspecified atom stereocenters. The Hall–Kier alpha value is -2.09. The molecule has 33 heavy (non-hydrogen) atoms. The summed E-state index contributed by atoms with van der Waals surface area (Å²) in [5, 5.41) is 18.7. The summed E-state index contributed by atoms with van der Waals surface area (Å²) in [4.78, 5) is 21.0. The molecule has 2 amide bonds. The molecule has 8 nitrogen and oxygen atoms in total. The topological polar surface area (TPSA) is 131 Å². The zero-order valence-electron chi connectivity index (χ0n) is 18.0. The number of nitrogens with one attached hydrogen (secondary N) is 1. The molecule has 180 valence electrons. The van der Waals surface area contributed by atoms with E-state index in [1.165, 1.54) is 20.0 Å². The van der Waals surface area contributed by atoms with Gasteiger partial charge in [0, 0.05) is 11.3 Å². The van der Waals surface area contributed by atoms with Crippen LogP contribution < -0.4 is 10.5 Å². The number of halogens is 3. The van der Waals surface area contributed by atoms with Gasteiger partial charge in [0.15, 0.2) is 9.92 Å². The summed E-state index contributed by atoms with van der Waals surface area (Å²) < 4.78 is 56.2. The number of hydrogen-bond acceptors (Lipinski definition) is 6. The fourth-order valence-electron chi connectivity index (χ4n) is 3.90. The minimum absolute atomic E-state index is 0.00918. The zero-order valence-corrected chi connectivity index (χ0v) is 19.7. The van der Waals surface area contributed by atoms with Crippen molar-refractivity contribution in [3.05, 3.63) is 33.7 Å². The summed E-state index contributed by atoms with van der Waals surface area (Å²) in [5.74, 6) is -0.117. The lowest BCUT2D eigenvalue weighted by molar-refractivity contribution is -0.128. The van der Waals surface area contributed by atoms with E-state index in [0.29, 0.717) is 48.2 Å². The van der Waals surface area contributed by atoms with Crippen LogP contribution in [0.25, 0.3) is 0 Å². The van der Waals surface area contributed by atoms with Gasteiger partial charge in [-0.3, -0.25) is 4.98 Å². The first kappa shape index (κ1) is 24.0. The molecule has 1 fully saturated rings. The summed E-state index contributed by atoms with van der Waals surface area (Å²) in [6, 6.07) is -1.01. The molecule has 0 radical (unpaired) electrons. The van der Waals surface area contributed by atoms with Gasteiger partial charge in [0.2, 0.25) is 0 Å². The smallest absolute Gasteiger partial charge is 0.383 e. The van der Waals surface area contributed by atoms with Crippen molar-refractivity contribution in [2.24, 2.45) is 9.50 Å². The van der Waals surface area contributed by atoms with Crippen LogP contribution in [0.4, 0.5) is 23.7 Å². The number of carbonyl (C=O) groups is 1. The van der Waals surface area contributed by atoms with E-state index in [1.54, 1.807) is 0 Å². The van der Waals surface area contributed by atoms with Crippen LogP contribution in [-0.4, -0.2) is 31.5 Å². The second-order valence-corrected chi connectivity index (χ2v) is 11.9. The molecule has 2 aliphatic rings. The Morgan fingerprint density at radius 3 is 2.64 bits per heavy atom. The molecular weight excluding hydrogens is 479 g/mol. The minimum atomic E-state index is -4.44. The van der Waals surface area contributed by atoms with Crippen molar-refractivity contribution in [2.75, 3.05) is 5.32 Å². The third kappa shape index (κ3) is 5.36. The number of urea groups is 1. The van der Waals surface area contributed by atoms with Gasteiger partial charge in [0.1, 0.15) is 14.8 Å². The molecule has 0 spiro atoms. The number of anilines is 1. The highest BCUT2D eigenvalue weighted by molar-refractivity contribution is 7.93. The summed E-state index contributed by atoms with van der Waals surface area (Å²) in [7, 11) is -3.68. The highest BCUT2D eigenvalue weighted by Gasteiger charge is 2.38. The maximum Gasteiger partial charge on any atom is 0.394 e. The van der Waals surface area contributed by atoms with Gasteiger partial charge in [-0.1, -0.05) is 0 Å². The van der Waals surface area contributed by atoms with Crippen molar-refractivity contribution >= 4 is 33.0 Å². The maximum absolute atomic E-state index is 13.2. The summed E-state index contributed by atoms with van der Waals surface area (Å²) in [6.07, 6.45) is -1.19. The Balaban J connectivity index is 1.71. The first-order chi connectivity index (χ1) is 15.2. The van der Waals surface area contributed by atoms with Crippen LogP contribution in [0.2, 0.25) is 0 Å².